The summed E-state index contributed by atoms with van der Waals surface area (Å²) in [5, 5.41) is 0. The maximum Gasteiger partial charge on any atom is 0.101 e. The largest absolute Gasteiger partial charge is 0.356 e. The van der Waals surface area contributed by atoms with Crippen LogP contribution in [0.5, 0.6) is 0 Å². The Morgan fingerprint density at radius 2 is 0.872 bits per heavy atom. The van der Waals surface area contributed by atoms with Crippen LogP contribution in [0, 0.1) is 0 Å². The van der Waals surface area contributed by atoms with E-state index in [2.05, 4.69) is 66.4 Å². The van der Waals surface area contributed by atoms with Crippen LogP contribution in [0.15, 0.2) is 42.7 Å². The van der Waals surface area contributed by atoms with Crippen LogP contribution in [-0.4, -0.2) is 22.5 Å². The third kappa shape index (κ3) is 17.1. The maximum absolute atomic E-state index is 2.66. The molecule has 0 fully saturated rings. The maximum atomic E-state index is 2.66. The SMILES string of the molecule is CCCCCCCCCCCCCCN1C=CN(Cc2ccccc2)C1CCCCCCCCCCCCC. The molecule has 0 amide bonds. The molecule has 0 aliphatic carbocycles. The second-order valence-corrected chi connectivity index (χ2v) is 12.4. The lowest BCUT2D eigenvalue weighted by Gasteiger charge is -2.33. The molecule has 2 heteroatoms. The van der Waals surface area contributed by atoms with Crippen LogP contribution >= 0.6 is 0 Å². The standard InChI is InChI=1S/C37H66N2/c1-3-5-7-9-11-13-15-17-19-21-23-28-32-38-33-34-39(35-36-29-25-24-26-30-36)37(38)31-27-22-20-18-16-14-12-10-8-6-4-2/h24-26,29-30,33-34,37H,3-23,27-28,31-32,35H2,1-2H3. The predicted octanol–water partition coefficient (Wildman–Crippen LogP) is 12.0. The van der Waals surface area contributed by atoms with Crippen LogP contribution < -0.4 is 0 Å². The number of unbranched alkanes of at least 4 members (excludes halogenated alkanes) is 21. The molecule has 1 unspecified atom stereocenters. The van der Waals surface area contributed by atoms with Gasteiger partial charge in [0, 0.05) is 25.5 Å². The van der Waals surface area contributed by atoms with Gasteiger partial charge in [0.15, 0.2) is 0 Å². The average molecular weight is 539 g/mol. The van der Waals surface area contributed by atoms with E-state index in [1.54, 1.807) is 0 Å². The van der Waals surface area contributed by atoms with E-state index in [-0.39, 0.29) is 0 Å². The van der Waals surface area contributed by atoms with Crippen molar-refractivity contribution in [2.75, 3.05) is 6.54 Å². The zero-order chi connectivity index (χ0) is 27.6. The van der Waals surface area contributed by atoms with E-state index in [0.717, 1.165) is 6.54 Å². The monoisotopic (exact) mass is 539 g/mol. The van der Waals surface area contributed by atoms with Crippen molar-refractivity contribution < 1.29 is 0 Å². The van der Waals surface area contributed by atoms with E-state index < -0.39 is 0 Å². The lowest BCUT2D eigenvalue weighted by Crippen LogP contribution is -2.38. The third-order valence-electron chi connectivity index (χ3n) is 8.76. The summed E-state index contributed by atoms with van der Waals surface area (Å²) in [6, 6.07) is 11.0. The van der Waals surface area contributed by atoms with Gasteiger partial charge in [0.05, 0.1) is 0 Å². The summed E-state index contributed by atoms with van der Waals surface area (Å²) in [4.78, 5) is 5.27. The van der Waals surface area contributed by atoms with E-state index >= 15 is 0 Å². The Kier molecular flexibility index (Phi) is 21.1. The first-order valence-electron chi connectivity index (χ1n) is 17.6. The summed E-state index contributed by atoms with van der Waals surface area (Å²) in [5.74, 6) is 0. The second-order valence-electron chi connectivity index (χ2n) is 12.4. The molecule has 1 aliphatic heterocycles. The van der Waals surface area contributed by atoms with Crippen molar-refractivity contribution in [2.45, 2.75) is 181 Å². The lowest BCUT2D eigenvalue weighted by atomic mass is 10.0. The lowest BCUT2D eigenvalue weighted by molar-refractivity contribution is 0.132. The van der Waals surface area contributed by atoms with Gasteiger partial charge in [0.1, 0.15) is 6.17 Å². The highest BCUT2D eigenvalue weighted by Crippen LogP contribution is 2.25. The molecule has 1 aromatic rings. The first-order valence-corrected chi connectivity index (χ1v) is 17.6. The van der Waals surface area contributed by atoms with Crippen LogP contribution in [0.25, 0.3) is 0 Å². The van der Waals surface area contributed by atoms with Gasteiger partial charge in [0.25, 0.3) is 0 Å². The van der Waals surface area contributed by atoms with Crippen LogP contribution in [0.1, 0.15) is 174 Å². The van der Waals surface area contributed by atoms with Gasteiger partial charge in [-0.2, -0.15) is 0 Å². The number of hydrogen-bond acceptors (Lipinski definition) is 2. The first-order chi connectivity index (χ1) is 19.3. The van der Waals surface area contributed by atoms with Gasteiger partial charge in [-0.3, -0.25) is 0 Å². The first kappa shape index (κ1) is 33.8. The average Bonchev–Trinajstić information content (AvgIpc) is 3.33. The molecule has 0 aromatic heterocycles. The smallest absolute Gasteiger partial charge is 0.101 e. The van der Waals surface area contributed by atoms with Gasteiger partial charge in [-0.05, 0) is 24.8 Å². The normalized spacial score (nSPS) is 15.1. The highest BCUT2D eigenvalue weighted by molar-refractivity contribution is 5.16. The molecule has 0 saturated heterocycles. The number of rotatable bonds is 27. The summed E-state index contributed by atoms with van der Waals surface area (Å²) in [7, 11) is 0. The molecule has 1 atom stereocenters. The van der Waals surface area contributed by atoms with Gasteiger partial charge in [-0.25, -0.2) is 0 Å². The zero-order valence-corrected chi connectivity index (χ0v) is 26.4. The molecular formula is C37H66N2. The van der Waals surface area contributed by atoms with Crippen molar-refractivity contribution in [1.82, 2.24) is 9.80 Å². The third-order valence-corrected chi connectivity index (χ3v) is 8.76. The molecule has 0 bridgehead atoms. The highest BCUT2D eigenvalue weighted by atomic mass is 15.4. The molecule has 1 aliphatic rings. The Morgan fingerprint density at radius 1 is 0.462 bits per heavy atom. The fourth-order valence-electron chi connectivity index (χ4n) is 6.19. The van der Waals surface area contributed by atoms with E-state index in [1.165, 1.54) is 166 Å². The van der Waals surface area contributed by atoms with Gasteiger partial charge < -0.3 is 9.80 Å². The van der Waals surface area contributed by atoms with Crippen molar-refractivity contribution in [3.8, 4) is 0 Å². The Labute approximate surface area is 245 Å². The molecular weight excluding hydrogens is 472 g/mol. The van der Waals surface area contributed by atoms with Gasteiger partial charge in [0.2, 0.25) is 0 Å². The van der Waals surface area contributed by atoms with Crippen molar-refractivity contribution in [2.24, 2.45) is 0 Å². The Hall–Kier alpha value is -1.44. The van der Waals surface area contributed by atoms with E-state index in [9.17, 15) is 0 Å². The molecule has 39 heavy (non-hydrogen) atoms. The van der Waals surface area contributed by atoms with Gasteiger partial charge >= 0.3 is 0 Å². The van der Waals surface area contributed by atoms with Crippen molar-refractivity contribution in [3.05, 3.63) is 48.3 Å². The molecule has 2 rings (SSSR count). The van der Waals surface area contributed by atoms with Gasteiger partial charge in [-0.1, -0.05) is 179 Å². The minimum absolute atomic E-state index is 0.552. The highest BCUT2D eigenvalue weighted by Gasteiger charge is 2.25. The summed E-state index contributed by atoms with van der Waals surface area (Å²) >= 11 is 0. The Bertz CT molecular complexity index is 669. The Balaban J connectivity index is 1.59. The molecule has 1 heterocycles. The van der Waals surface area contributed by atoms with Gasteiger partial charge in [-0.15, -0.1) is 0 Å². The van der Waals surface area contributed by atoms with Crippen molar-refractivity contribution in [3.63, 3.8) is 0 Å². The summed E-state index contributed by atoms with van der Waals surface area (Å²) in [5.41, 5.74) is 1.43. The summed E-state index contributed by atoms with van der Waals surface area (Å²) in [6.07, 6.45) is 39.4. The molecule has 0 radical (unpaired) electrons. The number of hydrogen-bond donors (Lipinski definition) is 0. The molecule has 0 spiro atoms. The van der Waals surface area contributed by atoms with Crippen molar-refractivity contribution in [1.29, 1.82) is 0 Å². The summed E-state index contributed by atoms with van der Waals surface area (Å²) < 4.78 is 0. The fourth-order valence-corrected chi connectivity index (χ4v) is 6.19. The number of benzene rings is 1. The molecule has 1 aromatic carbocycles. The number of nitrogens with zero attached hydrogens (tertiary/aromatic N) is 2. The summed E-state index contributed by atoms with van der Waals surface area (Å²) in [6.45, 7) is 6.87. The molecule has 0 saturated carbocycles. The van der Waals surface area contributed by atoms with Crippen LogP contribution in [0.3, 0.4) is 0 Å². The van der Waals surface area contributed by atoms with E-state index in [0.29, 0.717) is 6.17 Å². The molecule has 2 nitrogen and oxygen atoms in total. The van der Waals surface area contributed by atoms with E-state index in [4.69, 9.17) is 0 Å². The van der Waals surface area contributed by atoms with Crippen LogP contribution in [0.4, 0.5) is 0 Å². The van der Waals surface area contributed by atoms with Crippen molar-refractivity contribution >= 4 is 0 Å². The predicted molar refractivity (Wildman–Crippen MR) is 174 cm³/mol. The fraction of sp³-hybridized carbons (Fsp3) is 0.784. The second kappa shape index (κ2) is 24.4. The minimum Gasteiger partial charge on any atom is -0.356 e. The minimum atomic E-state index is 0.552. The topological polar surface area (TPSA) is 6.48 Å². The Morgan fingerprint density at radius 3 is 1.36 bits per heavy atom. The molecule has 224 valence electrons. The van der Waals surface area contributed by atoms with E-state index in [1.807, 2.05) is 0 Å². The molecule has 0 N–H and O–H groups in total. The van der Waals surface area contributed by atoms with Crippen LogP contribution in [0.2, 0.25) is 0 Å². The zero-order valence-electron chi connectivity index (χ0n) is 26.4. The van der Waals surface area contributed by atoms with Crippen LogP contribution in [-0.2, 0) is 6.54 Å². The quantitative estimate of drug-likeness (QED) is 0.103.